The maximum absolute atomic E-state index is 12.2. The van der Waals surface area contributed by atoms with E-state index in [1.54, 1.807) is 18.2 Å². The Kier molecular flexibility index (Phi) is 5.73. The van der Waals surface area contributed by atoms with Gasteiger partial charge in [-0.2, -0.15) is 0 Å². The highest BCUT2D eigenvalue weighted by Crippen LogP contribution is 2.27. The summed E-state index contributed by atoms with van der Waals surface area (Å²) in [5.74, 6) is -2.11. The number of aryl methyl sites for hydroxylation is 1. The van der Waals surface area contributed by atoms with Crippen LogP contribution in [-0.2, 0) is 9.59 Å². The molecular weight excluding hydrogens is 324 g/mol. The quantitative estimate of drug-likeness (QED) is 0.603. The van der Waals surface area contributed by atoms with Gasteiger partial charge in [-0.15, -0.1) is 0 Å². The van der Waals surface area contributed by atoms with Gasteiger partial charge in [-0.3, -0.25) is 14.4 Å². The average molecular weight is 342 g/mol. The van der Waals surface area contributed by atoms with Crippen LogP contribution in [0.2, 0.25) is 0 Å². The highest BCUT2D eigenvalue weighted by molar-refractivity contribution is 6.05. The molecule has 25 heavy (non-hydrogen) atoms. The van der Waals surface area contributed by atoms with Crippen molar-refractivity contribution in [3.63, 3.8) is 0 Å². The number of hydrogen-bond acceptors (Lipinski definition) is 4. The largest absolute Gasteiger partial charge is 0.506 e. The average Bonchev–Trinajstić information content (AvgIpc) is 2.55. The van der Waals surface area contributed by atoms with Crippen LogP contribution in [0.3, 0.4) is 0 Å². The van der Waals surface area contributed by atoms with Gasteiger partial charge in [-0.1, -0.05) is 17.7 Å². The van der Waals surface area contributed by atoms with Gasteiger partial charge in [0.2, 0.25) is 5.91 Å². The van der Waals surface area contributed by atoms with E-state index in [0.717, 1.165) is 5.56 Å². The van der Waals surface area contributed by atoms with Crippen LogP contribution in [0.5, 0.6) is 5.75 Å². The first-order valence-corrected chi connectivity index (χ1v) is 7.58. The van der Waals surface area contributed by atoms with E-state index in [0.29, 0.717) is 11.3 Å². The van der Waals surface area contributed by atoms with Crippen molar-refractivity contribution in [1.29, 1.82) is 0 Å². The molecule has 0 aliphatic carbocycles. The highest BCUT2D eigenvalue weighted by Gasteiger charge is 2.11. The normalized spacial score (nSPS) is 10.1. The number of phenols is 1. The van der Waals surface area contributed by atoms with E-state index in [2.05, 4.69) is 10.6 Å². The second kappa shape index (κ2) is 7.96. The van der Waals surface area contributed by atoms with Crippen molar-refractivity contribution in [1.82, 2.24) is 0 Å². The molecule has 2 aromatic rings. The van der Waals surface area contributed by atoms with Crippen LogP contribution in [0, 0.1) is 6.92 Å². The van der Waals surface area contributed by atoms with Gasteiger partial charge in [0.25, 0.3) is 5.91 Å². The molecule has 0 bridgehead atoms. The molecule has 7 heteroatoms. The lowest BCUT2D eigenvalue weighted by Crippen LogP contribution is -2.14. The Balaban J connectivity index is 2.03. The molecule has 0 saturated heterocycles. The standard InChI is InChI=1S/C18H18N2O5/c1-11-3-2-4-12(9-11)18(25)20-14-6-5-13(10-15(14)21)19-16(22)7-8-17(23)24/h2-6,9-10,21H,7-8H2,1H3,(H,19,22)(H,20,25)(H,23,24). The van der Waals surface area contributed by atoms with Crippen molar-refractivity contribution < 1.29 is 24.6 Å². The predicted molar refractivity (Wildman–Crippen MR) is 92.7 cm³/mol. The third kappa shape index (κ3) is 5.35. The van der Waals surface area contributed by atoms with Gasteiger partial charge >= 0.3 is 5.97 Å². The van der Waals surface area contributed by atoms with Gasteiger partial charge in [0.05, 0.1) is 12.1 Å². The van der Waals surface area contributed by atoms with E-state index in [1.165, 1.54) is 18.2 Å². The fraction of sp³-hybridized carbons (Fsp3) is 0.167. The predicted octanol–water partition coefficient (Wildman–Crippen LogP) is 2.76. The van der Waals surface area contributed by atoms with Crippen LogP contribution in [0.1, 0.15) is 28.8 Å². The summed E-state index contributed by atoms with van der Waals surface area (Å²) < 4.78 is 0. The zero-order chi connectivity index (χ0) is 18.4. The monoisotopic (exact) mass is 342 g/mol. The first kappa shape index (κ1) is 18.0. The van der Waals surface area contributed by atoms with E-state index in [-0.39, 0.29) is 30.2 Å². The van der Waals surface area contributed by atoms with Gasteiger partial charge in [0.15, 0.2) is 0 Å². The lowest BCUT2D eigenvalue weighted by molar-refractivity contribution is -0.138. The Morgan fingerprint density at radius 1 is 1.00 bits per heavy atom. The second-order valence-corrected chi connectivity index (χ2v) is 5.50. The Morgan fingerprint density at radius 2 is 1.76 bits per heavy atom. The maximum Gasteiger partial charge on any atom is 0.303 e. The molecule has 0 fully saturated rings. The third-order valence-electron chi connectivity index (χ3n) is 3.38. The zero-order valence-corrected chi connectivity index (χ0v) is 13.6. The molecule has 4 N–H and O–H groups in total. The number of nitrogens with one attached hydrogen (secondary N) is 2. The molecule has 0 saturated carbocycles. The van der Waals surface area contributed by atoms with Crippen molar-refractivity contribution in [2.45, 2.75) is 19.8 Å². The van der Waals surface area contributed by atoms with Crippen molar-refractivity contribution in [2.24, 2.45) is 0 Å². The molecule has 0 heterocycles. The SMILES string of the molecule is Cc1cccc(C(=O)Nc2ccc(NC(=O)CCC(=O)O)cc2O)c1. The molecular formula is C18H18N2O5. The van der Waals surface area contributed by atoms with Crippen molar-refractivity contribution in [3.8, 4) is 5.75 Å². The van der Waals surface area contributed by atoms with E-state index in [4.69, 9.17) is 5.11 Å². The number of hydrogen-bond donors (Lipinski definition) is 4. The molecule has 0 aliphatic rings. The number of carbonyl (C=O) groups excluding carboxylic acids is 2. The topological polar surface area (TPSA) is 116 Å². The van der Waals surface area contributed by atoms with Crippen LogP contribution in [0.4, 0.5) is 11.4 Å². The first-order valence-electron chi connectivity index (χ1n) is 7.58. The second-order valence-electron chi connectivity index (χ2n) is 5.50. The molecule has 0 aliphatic heterocycles. The summed E-state index contributed by atoms with van der Waals surface area (Å²) in [6.45, 7) is 1.87. The summed E-state index contributed by atoms with van der Waals surface area (Å²) in [5.41, 5.74) is 1.92. The molecule has 2 rings (SSSR count). The van der Waals surface area contributed by atoms with E-state index >= 15 is 0 Å². The fourth-order valence-corrected chi connectivity index (χ4v) is 2.14. The van der Waals surface area contributed by atoms with Crippen LogP contribution >= 0.6 is 0 Å². The van der Waals surface area contributed by atoms with Gasteiger partial charge in [0.1, 0.15) is 5.75 Å². The molecule has 0 radical (unpaired) electrons. The number of carboxylic acid groups (broad SMARTS) is 1. The van der Waals surface area contributed by atoms with Crippen molar-refractivity contribution in [3.05, 3.63) is 53.6 Å². The van der Waals surface area contributed by atoms with Crippen LogP contribution in [0.25, 0.3) is 0 Å². The Hall–Kier alpha value is -3.35. The highest BCUT2D eigenvalue weighted by atomic mass is 16.4. The summed E-state index contributed by atoms with van der Waals surface area (Å²) >= 11 is 0. The summed E-state index contributed by atoms with van der Waals surface area (Å²) in [6.07, 6.45) is -0.440. The Morgan fingerprint density at radius 3 is 2.40 bits per heavy atom. The van der Waals surface area contributed by atoms with Crippen LogP contribution in [-0.4, -0.2) is 28.0 Å². The number of aromatic hydroxyl groups is 1. The van der Waals surface area contributed by atoms with Crippen molar-refractivity contribution in [2.75, 3.05) is 10.6 Å². The maximum atomic E-state index is 12.2. The lowest BCUT2D eigenvalue weighted by Gasteiger charge is -2.10. The summed E-state index contributed by atoms with van der Waals surface area (Å²) in [4.78, 5) is 34.2. The first-order chi connectivity index (χ1) is 11.8. The fourth-order valence-electron chi connectivity index (χ4n) is 2.14. The number of rotatable bonds is 6. The van der Waals surface area contributed by atoms with Gasteiger partial charge < -0.3 is 20.8 Å². The van der Waals surface area contributed by atoms with Crippen LogP contribution < -0.4 is 10.6 Å². The molecule has 0 unspecified atom stereocenters. The van der Waals surface area contributed by atoms with E-state index in [9.17, 15) is 19.5 Å². The molecule has 0 spiro atoms. The van der Waals surface area contributed by atoms with Gasteiger partial charge in [0, 0.05) is 23.7 Å². The zero-order valence-electron chi connectivity index (χ0n) is 13.6. The molecule has 0 aromatic heterocycles. The molecule has 0 atom stereocenters. The minimum absolute atomic E-state index is 0.165. The van der Waals surface area contributed by atoms with Gasteiger partial charge in [-0.05, 0) is 31.2 Å². The lowest BCUT2D eigenvalue weighted by atomic mass is 10.1. The number of carboxylic acids is 1. The summed E-state index contributed by atoms with van der Waals surface area (Å²) in [5, 5.41) is 23.6. The number of phenolic OH excluding ortho intramolecular Hbond substituents is 1. The van der Waals surface area contributed by atoms with Crippen molar-refractivity contribution >= 4 is 29.2 Å². The van der Waals surface area contributed by atoms with E-state index in [1.807, 2.05) is 13.0 Å². The third-order valence-corrected chi connectivity index (χ3v) is 3.38. The summed E-state index contributed by atoms with van der Waals surface area (Å²) in [6, 6.07) is 11.3. The number of aliphatic carboxylic acids is 1. The van der Waals surface area contributed by atoms with Crippen LogP contribution in [0.15, 0.2) is 42.5 Å². The number of benzene rings is 2. The minimum atomic E-state index is -1.06. The number of anilines is 2. The Bertz CT molecular complexity index is 817. The Labute approximate surface area is 144 Å². The molecule has 2 aromatic carbocycles. The minimum Gasteiger partial charge on any atom is -0.506 e. The van der Waals surface area contributed by atoms with E-state index < -0.39 is 11.9 Å². The smallest absolute Gasteiger partial charge is 0.303 e. The number of carbonyl (C=O) groups is 3. The molecule has 7 nitrogen and oxygen atoms in total. The van der Waals surface area contributed by atoms with Gasteiger partial charge in [-0.25, -0.2) is 0 Å². The summed E-state index contributed by atoms with van der Waals surface area (Å²) in [7, 11) is 0. The molecule has 2 amide bonds. The molecule has 130 valence electrons. The number of amides is 2.